The van der Waals surface area contributed by atoms with E-state index in [1.165, 1.54) is 0 Å². The Kier molecular flexibility index (Phi) is 4.02. The number of anilines is 1. The summed E-state index contributed by atoms with van der Waals surface area (Å²) in [6.45, 7) is 5.93. The average molecular weight is 238 g/mol. The Bertz CT molecular complexity index is 352. The number of hydrogen-bond donors (Lipinski definition) is 2. The maximum absolute atomic E-state index is 9.79. The minimum atomic E-state index is -0.163. The molecule has 96 valence electrons. The molecule has 0 aromatic carbocycles. The van der Waals surface area contributed by atoms with Gasteiger partial charge in [0, 0.05) is 25.8 Å². The van der Waals surface area contributed by atoms with Crippen LogP contribution in [0.3, 0.4) is 0 Å². The van der Waals surface area contributed by atoms with E-state index in [0.717, 1.165) is 39.0 Å². The predicted octanol–water partition coefficient (Wildman–Crippen LogP) is 0.558. The van der Waals surface area contributed by atoms with Gasteiger partial charge in [0.1, 0.15) is 5.82 Å². The molecule has 1 aliphatic heterocycles. The van der Waals surface area contributed by atoms with Crippen molar-refractivity contribution in [2.75, 3.05) is 25.4 Å². The van der Waals surface area contributed by atoms with Gasteiger partial charge in [0.25, 0.3) is 0 Å². The number of hydrogen-bond acceptors (Lipinski definition) is 4. The van der Waals surface area contributed by atoms with Gasteiger partial charge in [0.05, 0.1) is 6.10 Å². The first kappa shape index (κ1) is 12.4. The molecule has 2 atom stereocenters. The Morgan fingerprint density at radius 1 is 1.53 bits per heavy atom. The predicted molar refractivity (Wildman–Crippen MR) is 67.5 cm³/mol. The fourth-order valence-corrected chi connectivity index (χ4v) is 2.28. The highest BCUT2D eigenvalue weighted by molar-refractivity contribution is 5.23. The third kappa shape index (κ3) is 3.44. The summed E-state index contributed by atoms with van der Waals surface area (Å²) in [6, 6.07) is 1.81. The highest BCUT2D eigenvalue weighted by Crippen LogP contribution is 2.16. The summed E-state index contributed by atoms with van der Waals surface area (Å²) in [5.41, 5.74) is 5.55. The Morgan fingerprint density at radius 2 is 2.35 bits per heavy atom. The molecule has 2 unspecified atom stereocenters. The molecule has 2 heterocycles. The van der Waals surface area contributed by atoms with E-state index in [2.05, 4.69) is 16.9 Å². The van der Waals surface area contributed by atoms with E-state index < -0.39 is 0 Å². The van der Waals surface area contributed by atoms with E-state index in [1.807, 2.05) is 16.9 Å². The van der Waals surface area contributed by atoms with Crippen LogP contribution in [0.15, 0.2) is 12.3 Å². The van der Waals surface area contributed by atoms with Gasteiger partial charge in [-0.25, -0.2) is 0 Å². The fraction of sp³-hybridized carbons (Fsp3) is 0.750. The number of aryl methyl sites for hydroxylation is 1. The zero-order chi connectivity index (χ0) is 12.3. The number of rotatable bonds is 4. The molecule has 2 rings (SSSR count). The van der Waals surface area contributed by atoms with Gasteiger partial charge in [0.2, 0.25) is 0 Å². The van der Waals surface area contributed by atoms with Crippen molar-refractivity contribution in [3.05, 3.63) is 12.3 Å². The highest BCUT2D eigenvalue weighted by atomic mass is 16.3. The van der Waals surface area contributed by atoms with Crippen molar-refractivity contribution in [3.8, 4) is 0 Å². The number of β-amino-alcohol motifs (C(OH)–C–C–N with tert-alkyl or cyclic N) is 1. The van der Waals surface area contributed by atoms with Gasteiger partial charge in [-0.05, 0) is 31.4 Å². The van der Waals surface area contributed by atoms with Gasteiger partial charge in [0.15, 0.2) is 0 Å². The number of nitrogens with zero attached hydrogens (tertiary/aromatic N) is 3. The molecule has 0 radical (unpaired) electrons. The Hall–Kier alpha value is -1.07. The molecule has 1 fully saturated rings. The third-order valence-electron chi connectivity index (χ3n) is 3.53. The first-order valence-corrected chi connectivity index (χ1v) is 6.34. The molecule has 3 N–H and O–H groups in total. The second-order valence-corrected chi connectivity index (χ2v) is 4.99. The lowest BCUT2D eigenvalue weighted by molar-refractivity contribution is 0.0284. The quantitative estimate of drug-likeness (QED) is 0.804. The molecule has 1 aromatic heterocycles. The van der Waals surface area contributed by atoms with E-state index in [9.17, 15) is 5.11 Å². The van der Waals surface area contributed by atoms with Gasteiger partial charge in [-0.3, -0.25) is 4.68 Å². The normalized spacial score (nSPS) is 26.2. The van der Waals surface area contributed by atoms with Crippen molar-refractivity contribution in [2.45, 2.75) is 32.4 Å². The maximum atomic E-state index is 9.79. The summed E-state index contributed by atoms with van der Waals surface area (Å²) in [5, 5.41) is 13.9. The van der Waals surface area contributed by atoms with Crippen LogP contribution in [0.5, 0.6) is 0 Å². The van der Waals surface area contributed by atoms with Crippen LogP contribution in [0.2, 0.25) is 0 Å². The summed E-state index contributed by atoms with van der Waals surface area (Å²) in [7, 11) is 0. The molecule has 1 saturated heterocycles. The van der Waals surface area contributed by atoms with E-state index in [4.69, 9.17) is 5.73 Å². The molecule has 0 spiro atoms. The zero-order valence-electron chi connectivity index (χ0n) is 10.4. The van der Waals surface area contributed by atoms with Crippen molar-refractivity contribution in [2.24, 2.45) is 5.92 Å². The smallest absolute Gasteiger partial charge is 0.145 e. The topological polar surface area (TPSA) is 67.3 Å². The van der Waals surface area contributed by atoms with Gasteiger partial charge < -0.3 is 15.7 Å². The molecule has 0 amide bonds. The molecular formula is C12H22N4O. The van der Waals surface area contributed by atoms with Crippen LogP contribution in [0.4, 0.5) is 5.82 Å². The summed E-state index contributed by atoms with van der Waals surface area (Å²) in [6.07, 6.45) is 3.88. The monoisotopic (exact) mass is 238 g/mol. The van der Waals surface area contributed by atoms with Crippen LogP contribution in [-0.2, 0) is 6.54 Å². The maximum Gasteiger partial charge on any atom is 0.145 e. The lowest BCUT2D eigenvalue weighted by Gasteiger charge is -2.34. The van der Waals surface area contributed by atoms with Crippen molar-refractivity contribution in [1.29, 1.82) is 0 Å². The van der Waals surface area contributed by atoms with E-state index in [1.54, 1.807) is 0 Å². The minimum Gasteiger partial charge on any atom is -0.392 e. The van der Waals surface area contributed by atoms with Crippen molar-refractivity contribution >= 4 is 5.82 Å². The van der Waals surface area contributed by atoms with Crippen LogP contribution < -0.4 is 5.73 Å². The van der Waals surface area contributed by atoms with Gasteiger partial charge in [-0.15, -0.1) is 0 Å². The van der Waals surface area contributed by atoms with Crippen molar-refractivity contribution in [1.82, 2.24) is 14.7 Å². The number of nitrogen functional groups attached to an aromatic ring is 1. The van der Waals surface area contributed by atoms with Crippen LogP contribution >= 0.6 is 0 Å². The third-order valence-corrected chi connectivity index (χ3v) is 3.53. The Balaban J connectivity index is 1.69. The van der Waals surface area contributed by atoms with Crippen LogP contribution in [0.25, 0.3) is 0 Å². The summed E-state index contributed by atoms with van der Waals surface area (Å²) in [4.78, 5) is 2.33. The van der Waals surface area contributed by atoms with Crippen LogP contribution in [0, 0.1) is 5.92 Å². The summed E-state index contributed by atoms with van der Waals surface area (Å²) in [5.74, 6) is 1.02. The highest BCUT2D eigenvalue weighted by Gasteiger charge is 2.23. The van der Waals surface area contributed by atoms with Gasteiger partial charge >= 0.3 is 0 Å². The molecule has 0 bridgehead atoms. The second kappa shape index (κ2) is 5.51. The van der Waals surface area contributed by atoms with Gasteiger partial charge in [-0.2, -0.15) is 5.10 Å². The Labute approximate surface area is 102 Å². The molecule has 0 aliphatic carbocycles. The zero-order valence-corrected chi connectivity index (χ0v) is 10.4. The number of aliphatic hydroxyl groups is 1. The molecule has 0 saturated carbocycles. The second-order valence-electron chi connectivity index (χ2n) is 4.99. The largest absolute Gasteiger partial charge is 0.392 e. The number of likely N-dealkylation sites (tertiary alicyclic amines) is 1. The van der Waals surface area contributed by atoms with Crippen LogP contribution in [-0.4, -0.2) is 45.5 Å². The molecule has 1 aliphatic rings. The van der Waals surface area contributed by atoms with Gasteiger partial charge in [-0.1, -0.05) is 6.92 Å². The summed E-state index contributed by atoms with van der Waals surface area (Å²) >= 11 is 0. The molecule has 1 aromatic rings. The molecule has 5 nitrogen and oxygen atoms in total. The van der Waals surface area contributed by atoms with E-state index in [0.29, 0.717) is 11.7 Å². The average Bonchev–Trinajstić information content (AvgIpc) is 2.70. The van der Waals surface area contributed by atoms with E-state index in [-0.39, 0.29) is 6.10 Å². The summed E-state index contributed by atoms with van der Waals surface area (Å²) < 4.78 is 1.87. The SMILES string of the molecule is CC1CCN(CCCn2ccc(N)n2)CC1O. The lowest BCUT2D eigenvalue weighted by Crippen LogP contribution is -2.43. The molecule has 5 heteroatoms. The van der Waals surface area contributed by atoms with E-state index >= 15 is 0 Å². The fourth-order valence-electron chi connectivity index (χ4n) is 2.28. The number of nitrogens with two attached hydrogens (primary N) is 1. The molecule has 17 heavy (non-hydrogen) atoms. The number of piperidine rings is 1. The van der Waals surface area contributed by atoms with Crippen molar-refractivity contribution in [3.63, 3.8) is 0 Å². The molecular weight excluding hydrogens is 216 g/mol. The van der Waals surface area contributed by atoms with Crippen LogP contribution in [0.1, 0.15) is 19.8 Å². The minimum absolute atomic E-state index is 0.163. The lowest BCUT2D eigenvalue weighted by atomic mass is 9.96. The standard InChI is InChI=1S/C12H22N4O/c1-10-3-7-15(9-11(10)17)5-2-6-16-8-4-12(13)14-16/h4,8,10-11,17H,2-3,5-7,9H2,1H3,(H2,13,14). The van der Waals surface area contributed by atoms with Crippen molar-refractivity contribution < 1.29 is 5.11 Å². The number of aliphatic hydroxyl groups excluding tert-OH is 1. The first-order valence-electron chi connectivity index (χ1n) is 6.34. The Morgan fingerprint density at radius 3 is 3.00 bits per heavy atom. The number of aromatic nitrogens is 2. The first-order chi connectivity index (χ1) is 8.15.